The molecule has 0 aliphatic rings. The van der Waals surface area contributed by atoms with Crippen LogP contribution in [0.2, 0.25) is 0 Å². The van der Waals surface area contributed by atoms with E-state index in [1.165, 1.54) is 13.3 Å². The number of nitrogens with one attached hydrogen (secondary N) is 2. The molecule has 3 rings (SSSR count). The highest BCUT2D eigenvalue weighted by Gasteiger charge is 2.12. The van der Waals surface area contributed by atoms with Gasteiger partial charge in [0.25, 0.3) is 5.91 Å². The third-order valence-electron chi connectivity index (χ3n) is 3.68. The number of hydrazone groups is 1. The van der Waals surface area contributed by atoms with Crippen molar-refractivity contribution in [3.63, 3.8) is 0 Å². The number of rotatable bonds is 7. The van der Waals surface area contributed by atoms with Crippen LogP contribution in [0.25, 0.3) is 0 Å². The van der Waals surface area contributed by atoms with E-state index in [-0.39, 0.29) is 18.1 Å². The fourth-order valence-electron chi connectivity index (χ4n) is 2.29. The van der Waals surface area contributed by atoms with Crippen molar-refractivity contribution in [1.82, 2.24) is 15.6 Å². The van der Waals surface area contributed by atoms with Crippen LogP contribution in [0, 0.1) is 0 Å². The lowest BCUT2D eigenvalue weighted by Crippen LogP contribution is -2.19. The van der Waals surface area contributed by atoms with Crippen molar-refractivity contribution >= 4 is 34.5 Å². The van der Waals surface area contributed by atoms with E-state index in [4.69, 9.17) is 4.74 Å². The van der Waals surface area contributed by atoms with E-state index in [1.807, 2.05) is 6.07 Å². The number of hydrogen-bond donors (Lipinski definition) is 3. The van der Waals surface area contributed by atoms with Crippen molar-refractivity contribution in [2.45, 2.75) is 6.42 Å². The molecule has 0 aliphatic heterocycles. The molecule has 10 heteroatoms. The molecule has 2 aromatic carbocycles. The zero-order valence-electron chi connectivity index (χ0n) is 15.3. The number of nitrogens with zero attached hydrogens (tertiary/aromatic N) is 3. The number of anilines is 1. The Morgan fingerprint density at radius 3 is 2.72 bits per heavy atom. The molecule has 3 aromatic rings. The maximum absolute atomic E-state index is 12.1. The van der Waals surface area contributed by atoms with Crippen molar-refractivity contribution in [2.75, 3.05) is 12.4 Å². The summed E-state index contributed by atoms with van der Waals surface area (Å²) < 4.78 is 5.01. The van der Waals surface area contributed by atoms with Gasteiger partial charge in [-0.15, -0.1) is 10.2 Å². The Morgan fingerprint density at radius 2 is 1.97 bits per heavy atom. The van der Waals surface area contributed by atoms with Gasteiger partial charge in [-0.2, -0.15) is 5.10 Å². The second-order valence-electron chi connectivity index (χ2n) is 5.69. The summed E-state index contributed by atoms with van der Waals surface area (Å²) in [7, 11) is 1.44. The molecule has 0 spiro atoms. The molecular formula is C19H17N5O4S. The van der Waals surface area contributed by atoms with Crippen LogP contribution in [-0.4, -0.2) is 40.4 Å². The number of hydrogen-bond acceptors (Lipinski definition) is 8. The highest BCUT2D eigenvalue weighted by atomic mass is 32.1. The summed E-state index contributed by atoms with van der Waals surface area (Å²) in [5.74, 6) is -0.490. The summed E-state index contributed by atoms with van der Waals surface area (Å²) in [6.07, 6.45) is 1.25. The van der Waals surface area contributed by atoms with E-state index in [2.05, 4.69) is 26.0 Å². The number of methoxy groups -OCH3 is 1. The Morgan fingerprint density at radius 1 is 1.17 bits per heavy atom. The maximum Gasteiger partial charge on any atom is 0.257 e. The molecule has 0 bridgehead atoms. The number of aromatic hydroxyl groups is 1. The molecule has 0 saturated carbocycles. The quantitative estimate of drug-likeness (QED) is 0.404. The molecule has 3 N–H and O–H groups in total. The number of carbonyl (C=O) groups excluding carboxylic acids is 2. The van der Waals surface area contributed by atoms with Gasteiger partial charge in [0, 0.05) is 11.1 Å². The number of carbonyl (C=O) groups is 2. The minimum atomic E-state index is -0.416. The standard InChI is InChI=1S/C19H17N5O4S/c1-28-14-9-5-8-13(17(14)26)11-20-22-15(25)10-16-23-24-19(29-16)21-18(27)12-6-3-2-4-7-12/h2-9,11,26H,10H2,1H3,(H,22,25)(H,21,24,27). The molecule has 0 aliphatic carbocycles. The first-order valence-electron chi connectivity index (χ1n) is 8.43. The minimum Gasteiger partial charge on any atom is -0.504 e. The van der Waals surface area contributed by atoms with Gasteiger partial charge >= 0.3 is 0 Å². The topological polar surface area (TPSA) is 126 Å². The molecule has 1 aromatic heterocycles. The number of phenolic OH excluding ortho intramolecular Hbond substituents is 1. The van der Waals surface area contributed by atoms with Crippen LogP contribution < -0.4 is 15.5 Å². The van der Waals surface area contributed by atoms with Gasteiger partial charge in [-0.05, 0) is 24.3 Å². The molecule has 0 unspecified atom stereocenters. The Balaban J connectivity index is 1.53. The van der Waals surface area contributed by atoms with Crippen LogP contribution >= 0.6 is 11.3 Å². The summed E-state index contributed by atoms with van der Waals surface area (Å²) in [4.78, 5) is 24.1. The summed E-state index contributed by atoms with van der Waals surface area (Å²) in [5.41, 5.74) is 3.24. The fourth-order valence-corrected chi connectivity index (χ4v) is 3.03. The normalized spacial score (nSPS) is 10.7. The molecule has 2 amide bonds. The Hall–Kier alpha value is -3.79. The molecule has 9 nitrogen and oxygen atoms in total. The van der Waals surface area contributed by atoms with Crippen LogP contribution in [0.1, 0.15) is 20.9 Å². The lowest BCUT2D eigenvalue weighted by Gasteiger charge is -2.04. The van der Waals surface area contributed by atoms with Crippen molar-refractivity contribution in [2.24, 2.45) is 5.10 Å². The Bertz CT molecular complexity index is 1040. The number of phenols is 1. The Kier molecular flexibility index (Phi) is 6.48. The minimum absolute atomic E-state index is 0.0553. The zero-order valence-corrected chi connectivity index (χ0v) is 16.1. The van der Waals surface area contributed by atoms with Gasteiger partial charge in [-0.1, -0.05) is 35.6 Å². The highest BCUT2D eigenvalue weighted by Crippen LogP contribution is 2.27. The summed E-state index contributed by atoms with van der Waals surface area (Å²) >= 11 is 1.10. The smallest absolute Gasteiger partial charge is 0.257 e. The summed E-state index contributed by atoms with van der Waals surface area (Å²) in [6.45, 7) is 0. The van der Waals surface area contributed by atoms with Crippen molar-refractivity contribution in [1.29, 1.82) is 0 Å². The lowest BCUT2D eigenvalue weighted by atomic mass is 10.2. The second kappa shape index (κ2) is 9.42. The van der Waals surface area contributed by atoms with Crippen LogP contribution in [0.5, 0.6) is 11.5 Å². The first kappa shape index (κ1) is 20.0. The number of amides is 2. The van der Waals surface area contributed by atoms with Gasteiger partial charge in [0.1, 0.15) is 5.01 Å². The van der Waals surface area contributed by atoms with Crippen molar-refractivity contribution in [3.05, 3.63) is 64.7 Å². The molecule has 148 valence electrons. The number of benzene rings is 2. The molecular weight excluding hydrogens is 394 g/mol. The SMILES string of the molecule is COc1cccc(C=NNC(=O)Cc2nnc(NC(=O)c3ccccc3)s2)c1O. The highest BCUT2D eigenvalue weighted by molar-refractivity contribution is 7.15. The van der Waals surface area contributed by atoms with Crippen LogP contribution in [0.15, 0.2) is 53.6 Å². The predicted octanol–water partition coefficient (Wildman–Crippen LogP) is 2.20. The van der Waals surface area contributed by atoms with E-state index in [1.54, 1.807) is 42.5 Å². The average Bonchev–Trinajstić information content (AvgIpc) is 3.16. The van der Waals surface area contributed by atoms with Crippen molar-refractivity contribution in [3.8, 4) is 11.5 Å². The van der Waals surface area contributed by atoms with E-state index in [9.17, 15) is 14.7 Å². The van der Waals surface area contributed by atoms with Crippen molar-refractivity contribution < 1.29 is 19.4 Å². The molecule has 0 saturated heterocycles. The lowest BCUT2D eigenvalue weighted by molar-refractivity contribution is -0.120. The maximum atomic E-state index is 12.1. The third-order valence-corrected chi connectivity index (χ3v) is 4.52. The van der Waals surface area contributed by atoms with E-state index >= 15 is 0 Å². The van der Waals surface area contributed by atoms with E-state index in [0.29, 0.717) is 27.0 Å². The van der Waals surface area contributed by atoms with Crippen LogP contribution in [0.3, 0.4) is 0 Å². The van der Waals surface area contributed by atoms with Crippen LogP contribution in [-0.2, 0) is 11.2 Å². The molecule has 0 atom stereocenters. The largest absolute Gasteiger partial charge is 0.504 e. The summed E-state index contributed by atoms with van der Waals surface area (Å²) in [5, 5.41) is 24.9. The Labute approximate surface area is 170 Å². The van der Waals surface area contributed by atoms with Crippen LogP contribution in [0.4, 0.5) is 5.13 Å². The molecule has 1 heterocycles. The van der Waals surface area contributed by atoms with Gasteiger partial charge in [0.2, 0.25) is 11.0 Å². The number of para-hydroxylation sites is 1. The monoisotopic (exact) mass is 411 g/mol. The second-order valence-corrected chi connectivity index (χ2v) is 6.75. The van der Waals surface area contributed by atoms with Gasteiger partial charge in [-0.3, -0.25) is 14.9 Å². The first-order chi connectivity index (χ1) is 14.1. The van der Waals surface area contributed by atoms with Gasteiger partial charge in [0.05, 0.1) is 19.7 Å². The number of aromatic nitrogens is 2. The fraction of sp³-hybridized carbons (Fsp3) is 0.105. The van der Waals surface area contributed by atoms with Gasteiger partial charge < -0.3 is 9.84 Å². The number of ether oxygens (including phenoxy) is 1. The van der Waals surface area contributed by atoms with Gasteiger partial charge in [-0.25, -0.2) is 5.43 Å². The molecule has 29 heavy (non-hydrogen) atoms. The molecule has 0 fully saturated rings. The van der Waals surface area contributed by atoms with E-state index < -0.39 is 5.91 Å². The summed E-state index contributed by atoms with van der Waals surface area (Å²) in [6, 6.07) is 13.6. The predicted molar refractivity (Wildman–Crippen MR) is 108 cm³/mol. The average molecular weight is 411 g/mol. The third kappa shape index (κ3) is 5.36. The first-order valence-corrected chi connectivity index (χ1v) is 9.25. The van der Waals surface area contributed by atoms with Gasteiger partial charge in [0.15, 0.2) is 11.5 Å². The molecule has 0 radical (unpaired) electrons. The van der Waals surface area contributed by atoms with E-state index in [0.717, 1.165) is 11.3 Å². The zero-order chi connectivity index (χ0) is 20.6.